The monoisotopic (exact) mass is 310 g/mol. The average molecular weight is 310 g/mol. The highest BCUT2D eigenvalue weighted by molar-refractivity contribution is 7.89. The molecular formula is C15H22N2O3S. The van der Waals surface area contributed by atoms with Crippen LogP contribution in [-0.2, 0) is 14.8 Å². The van der Waals surface area contributed by atoms with Gasteiger partial charge in [-0.05, 0) is 43.5 Å². The van der Waals surface area contributed by atoms with Crippen LogP contribution in [0.5, 0.6) is 0 Å². The number of rotatable bonds is 8. The van der Waals surface area contributed by atoms with E-state index in [1.807, 2.05) is 13.8 Å². The van der Waals surface area contributed by atoms with Crippen LogP contribution in [0.1, 0.15) is 24.0 Å². The van der Waals surface area contributed by atoms with Gasteiger partial charge in [-0.1, -0.05) is 12.1 Å². The molecule has 0 aliphatic rings. The van der Waals surface area contributed by atoms with Gasteiger partial charge in [0, 0.05) is 19.5 Å². The standard InChI is InChI=1S/C15H22N2O3S/c1-4-9-16-15(18)6-5-10-17-21(19,20)14-8-7-12(2)13(3)11-14/h4,7-8,11,17H,1,5-6,9-10H2,2-3H3,(H,16,18). The first kappa shape index (κ1) is 17.4. The molecule has 0 aliphatic carbocycles. The zero-order valence-electron chi connectivity index (χ0n) is 12.5. The molecule has 0 bridgehead atoms. The molecule has 0 heterocycles. The fraction of sp³-hybridized carbons (Fsp3) is 0.400. The van der Waals surface area contributed by atoms with Gasteiger partial charge in [-0.15, -0.1) is 6.58 Å². The Morgan fingerprint density at radius 1 is 1.29 bits per heavy atom. The summed E-state index contributed by atoms with van der Waals surface area (Å²) in [5.74, 6) is -0.111. The van der Waals surface area contributed by atoms with Crippen LogP contribution in [0, 0.1) is 13.8 Å². The molecule has 0 unspecified atom stereocenters. The fourth-order valence-corrected chi connectivity index (χ4v) is 2.85. The van der Waals surface area contributed by atoms with Gasteiger partial charge in [-0.2, -0.15) is 0 Å². The van der Waals surface area contributed by atoms with Gasteiger partial charge in [0.1, 0.15) is 0 Å². The summed E-state index contributed by atoms with van der Waals surface area (Å²) in [4.78, 5) is 11.6. The molecule has 0 aromatic heterocycles. The minimum atomic E-state index is -3.51. The minimum absolute atomic E-state index is 0.111. The second kappa shape index (κ2) is 7.95. The molecule has 1 aromatic carbocycles. The van der Waals surface area contributed by atoms with Gasteiger partial charge < -0.3 is 5.32 Å². The van der Waals surface area contributed by atoms with Gasteiger partial charge in [-0.3, -0.25) is 4.79 Å². The van der Waals surface area contributed by atoms with Crippen molar-refractivity contribution in [1.82, 2.24) is 10.0 Å². The van der Waals surface area contributed by atoms with E-state index in [2.05, 4.69) is 16.6 Å². The molecule has 21 heavy (non-hydrogen) atoms. The second-order valence-electron chi connectivity index (χ2n) is 4.84. The van der Waals surface area contributed by atoms with E-state index in [-0.39, 0.29) is 23.8 Å². The van der Waals surface area contributed by atoms with E-state index in [4.69, 9.17) is 0 Å². The molecule has 0 fully saturated rings. The smallest absolute Gasteiger partial charge is 0.240 e. The molecule has 0 saturated carbocycles. The average Bonchev–Trinajstić information content (AvgIpc) is 2.44. The Labute approximate surface area is 126 Å². The quantitative estimate of drug-likeness (QED) is 0.566. The van der Waals surface area contributed by atoms with Crippen LogP contribution in [0.4, 0.5) is 0 Å². The second-order valence-corrected chi connectivity index (χ2v) is 6.61. The van der Waals surface area contributed by atoms with Crippen LogP contribution in [0.15, 0.2) is 35.7 Å². The molecule has 6 heteroatoms. The van der Waals surface area contributed by atoms with Crippen molar-refractivity contribution in [2.24, 2.45) is 0 Å². The molecule has 1 aromatic rings. The SMILES string of the molecule is C=CCNC(=O)CCCNS(=O)(=O)c1ccc(C)c(C)c1. The lowest BCUT2D eigenvalue weighted by Crippen LogP contribution is -2.27. The molecule has 1 rings (SSSR count). The van der Waals surface area contributed by atoms with E-state index < -0.39 is 10.0 Å². The Balaban J connectivity index is 2.48. The predicted octanol–water partition coefficient (Wildman–Crippen LogP) is 1.66. The highest BCUT2D eigenvalue weighted by atomic mass is 32.2. The van der Waals surface area contributed by atoms with Crippen molar-refractivity contribution < 1.29 is 13.2 Å². The van der Waals surface area contributed by atoms with Crippen molar-refractivity contribution in [2.75, 3.05) is 13.1 Å². The van der Waals surface area contributed by atoms with Gasteiger partial charge in [0.2, 0.25) is 15.9 Å². The number of carbonyl (C=O) groups is 1. The van der Waals surface area contributed by atoms with E-state index in [0.29, 0.717) is 13.0 Å². The van der Waals surface area contributed by atoms with Gasteiger partial charge in [0.25, 0.3) is 0 Å². The summed E-state index contributed by atoms with van der Waals surface area (Å²) in [5.41, 5.74) is 1.98. The third kappa shape index (κ3) is 5.69. The van der Waals surface area contributed by atoms with Gasteiger partial charge in [0.05, 0.1) is 4.90 Å². The summed E-state index contributed by atoms with van der Waals surface area (Å²) in [6, 6.07) is 5.02. The number of sulfonamides is 1. The van der Waals surface area contributed by atoms with Crippen molar-refractivity contribution in [3.8, 4) is 0 Å². The van der Waals surface area contributed by atoms with Crippen molar-refractivity contribution in [3.63, 3.8) is 0 Å². The molecule has 5 nitrogen and oxygen atoms in total. The Kier molecular flexibility index (Phi) is 6.58. The molecule has 0 saturated heterocycles. The summed E-state index contributed by atoms with van der Waals surface area (Å²) in [5, 5.41) is 2.64. The molecule has 2 N–H and O–H groups in total. The minimum Gasteiger partial charge on any atom is -0.353 e. The summed E-state index contributed by atoms with van der Waals surface area (Å²) in [7, 11) is -3.51. The van der Waals surface area contributed by atoms with E-state index in [0.717, 1.165) is 11.1 Å². The summed E-state index contributed by atoms with van der Waals surface area (Å²) in [6.45, 7) is 7.96. The van der Waals surface area contributed by atoms with Crippen LogP contribution in [0.2, 0.25) is 0 Å². The molecule has 0 atom stereocenters. The van der Waals surface area contributed by atoms with Crippen molar-refractivity contribution in [3.05, 3.63) is 42.0 Å². The molecule has 0 radical (unpaired) electrons. The number of nitrogens with one attached hydrogen (secondary N) is 2. The lowest BCUT2D eigenvalue weighted by Gasteiger charge is -2.08. The van der Waals surface area contributed by atoms with Crippen LogP contribution in [0.25, 0.3) is 0 Å². The molecule has 1 amide bonds. The fourth-order valence-electron chi connectivity index (χ4n) is 1.69. The topological polar surface area (TPSA) is 75.3 Å². The maximum absolute atomic E-state index is 12.1. The highest BCUT2D eigenvalue weighted by Crippen LogP contribution is 2.14. The van der Waals surface area contributed by atoms with E-state index in [1.54, 1.807) is 24.3 Å². The van der Waals surface area contributed by atoms with Crippen molar-refractivity contribution in [2.45, 2.75) is 31.6 Å². The number of amides is 1. The van der Waals surface area contributed by atoms with Crippen LogP contribution in [0.3, 0.4) is 0 Å². The Morgan fingerprint density at radius 2 is 2.00 bits per heavy atom. The zero-order valence-corrected chi connectivity index (χ0v) is 13.3. The van der Waals surface area contributed by atoms with E-state index >= 15 is 0 Å². The van der Waals surface area contributed by atoms with Gasteiger partial charge in [0.15, 0.2) is 0 Å². The third-order valence-electron chi connectivity index (χ3n) is 3.10. The first-order valence-corrected chi connectivity index (χ1v) is 8.29. The van der Waals surface area contributed by atoms with E-state index in [9.17, 15) is 13.2 Å². The largest absolute Gasteiger partial charge is 0.353 e. The number of carbonyl (C=O) groups excluding carboxylic acids is 1. The highest BCUT2D eigenvalue weighted by Gasteiger charge is 2.14. The molecular weight excluding hydrogens is 288 g/mol. The number of hydrogen-bond acceptors (Lipinski definition) is 3. The van der Waals surface area contributed by atoms with E-state index in [1.165, 1.54) is 0 Å². The summed E-state index contributed by atoms with van der Waals surface area (Å²) < 4.78 is 26.7. The Hall–Kier alpha value is -1.66. The maximum Gasteiger partial charge on any atom is 0.240 e. The summed E-state index contributed by atoms with van der Waals surface area (Å²) in [6.07, 6.45) is 2.33. The maximum atomic E-state index is 12.1. The first-order valence-electron chi connectivity index (χ1n) is 6.81. The normalized spacial score (nSPS) is 11.1. The predicted molar refractivity (Wildman–Crippen MR) is 83.5 cm³/mol. The van der Waals surface area contributed by atoms with Crippen LogP contribution >= 0.6 is 0 Å². The third-order valence-corrected chi connectivity index (χ3v) is 4.56. The van der Waals surface area contributed by atoms with Gasteiger partial charge in [-0.25, -0.2) is 13.1 Å². The zero-order chi connectivity index (χ0) is 15.9. The van der Waals surface area contributed by atoms with Gasteiger partial charge >= 0.3 is 0 Å². The van der Waals surface area contributed by atoms with Crippen LogP contribution < -0.4 is 10.0 Å². The molecule has 0 spiro atoms. The Bertz CT molecular complexity index is 609. The number of benzene rings is 1. The number of aryl methyl sites for hydroxylation is 2. The number of hydrogen-bond donors (Lipinski definition) is 2. The molecule has 116 valence electrons. The Morgan fingerprint density at radius 3 is 2.62 bits per heavy atom. The lowest BCUT2D eigenvalue weighted by atomic mass is 10.1. The van der Waals surface area contributed by atoms with Crippen LogP contribution in [-0.4, -0.2) is 27.4 Å². The first-order chi connectivity index (χ1) is 9.86. The lowest BCUT2D eigenvalue weighted by molar-refractivity contribution is -0.120. The molecule has 0 aliphatic heterocycles. The van der Waals surface area contributed by atoms with Crippen molar-refractivity contribution >= 4 is 15.9 Å². The summed E-state index contributed by atoms with van der Waals surface area (Å²) >= 11 is 0. The van der Waals surface area contributed by atoms with Crippen molar-refractivity contribution in [1.29, 1.82) is 0 Å².